The normalized spacial score (nSPS) is 23.7. The van der Waals surface area contributed by atoms with E-state index < -0.39 is 52.2 Å². The first-order valence-corrected chi connectivity index (χ1v) is 14.8. The maximum atomic E-state index is 13.2. The Labute approximate surface area is 239 Å². The number of aliphatic hydroxyl groups excluding tert-OH is 4. The van der Waals surface area contributed by atoms with Gasteiger partial charge >= 0.3 is 0 Å². The Balaban J connectivity index is 1.65. The molecule has 3 aromatic rings. The van der Waals surface area contributed by atoms with Crippen molar-refractivity contribution < 1.29 is 33.6 Å². The summed E-state index contributed by atoms with van der Waals surface area (Å²) in [7, 11) is -2.80. The molecular formula is C29H36N4O7S. The van der Waals surface area contributed by atoms with Crippen LogP contribution in [0.3, 0.4) is 0 Å². The van der Waals surface area contributed by atoms with E-state index in [9.17, 15) is 34.1 Å². The second kappa shape index (κ2) is 12.3. The fraction of sp³-hybridized carbons (Fsp3) is 0.414. The van der Waals surface area contributed by atoms with Crippen LogP contribution in [-0.2, 0) is 21.8 Å². The van der Waals surface area contributed by atoms with E-state index in [0.29, 0.717) is 5.69 Å². The van der Waals surface area contributed by atoms with Crippen molar-refractivity contribution in [1.82, 2.24) is 9.29 Å². The van der Waals surface area contributed by atoms with Gasteiger partial charge in [0.05, 0.1) is 6.61 Å². The number of aliphatic hydroxyl groups is 4. The lowest BCUT2D eigenvalue weighted by atomic mass is 9.98. The molecule has 0 aliphatic carbocycles. The van der Waals surface area contributed by atoms with Gasteiger partial charge in [-0.15, -0.1) is 0 Å². The summed E-state index contributed by atoms with van der Waals surface area (Å²) < 4.78 is 35.4. The summed E-state index contributed by atoms with van der Waals surface area (Å²) >= 11 is 0. The van der Waals surface area contributed by atoms with E-state index in [-0.39, 0.29) is 5.57 Å². The largest absolute Gasteiger partial charge is 0.394 e. The van der Waals surface area contributed by atoms with Crippen LogP contribution in [0.2, 0.25) is 0 Å². The monoisotopic (exact) mass is 584 g/mol. The topological polar surface area (TPSA) is 168 Å². The van der Waals surface area contributed by atoms with Gasteiger partial charge in [0.15, 0.2) is 11.2 Å². The number of aromatic nitrogens is 1. The van der Waals surface area contributed by atoms with Gasteiger partial charge in [0, 0.05) is 42.8 Å². The van der Waals surface area contributed by atoms with E-state index in [2.05, 4.69) is 47.7 Å². The molecule has 0 spiro atoms. The van der Waals surface area contributed by atoms with Crippen molar-refractivity contribution >= 4 is 32.1 Å². The minimum absolute atomic E-state index is 0.146. The van der Waals surface area contributed by atoms with Crippen LogP contribution in [0.1, 0.15) is 26.5 Å². The predicted octanol–water partition coefficient (Wildman–Crippen LogP) is 1.67. The van der Waals surface area contributed by atoms with E-state index in [1.165, 1.54) is 6.92 Å². The fourth-order valence-corrected chi connectivity index (χ4v) is 6.64. The summed E-state index contributed by atoms with van der Waals surface area (Å²) in [5.74, 6) is 0. The first-order valence-electron chi connectivity index (χ1n) is 13.4. The van der Waals surface area contributed by atoms with Crippen LogP contribution in [0, 0.1) is 11.3 Å². The van der Waals surface area contributed by atoms with Gasteiger partial charge in [0.25, 0.3) is 10.0 Å². The van der Waals surface area contributed by atoms with Gasteiger partial charge in [-0.1, -0.05) is 18.2 Å². The summed E-state index contributed by atoms with van der Waals surface area (Å²) in [5, 5.41) is 51.9. The predicted molar refractivity (Wildman–Crippen MR) is 156 cm³/mol. The van der Waals surface area contributed by atoms with Crippen LogP contribution in [0.25, 0.3) is 27.6 Å². The van der Waals surface area contributed by atoms with Crippen molar-refractivity contribution in [1.29, 1.82) is 5.26 Å². The molecule has 0 bridgehead atoms. The van der Waals surface area contributed by atoms with Gasteiger partial charge in [-0.05, 0) is 67.4 Å². The second-order valence-corrected chi connectivity index (χ2v) is 11.7. The molecule has 4 rings (SSSR count). The number of fused-ring (bicyclic) bond motifs is 1. The number of benzene rings is 2. The molecule has 1 aliphatic heterocycles. The molecule has 2 aromatic carbocycles. The third-order valence-electron chi connectivity index (χ3n) is 7.66. The summed E-state index contributed by atoms with van der Waals surface area (Å²) in [6.07, 6.45) is -6.61. The molecule has 11 nitrogen and oxygen atoms in total. The number of allylic oxidation sites excluding steroid dienone is 2. The number of rotatable bonds is 9. The van der Waals surface area contributed by atoms with Crippen LogP contribution in [0.5, 0.6) is 0 Å². The van der Waals surface area contributed by atoms with Crippen molar-refractivity contribution in [3.8, 4) is 17.3 Å². The summed E-state index contributed by atoms with van der Waals surface area (Å²) in [4.78, 5) is 1.66. The lowest BCUT2D eigenvalue weighted by Gasteiger charge is -2.40. The smallest absolute Gasteiger partial charge is 0.251 e. The molecule has 220 valence electrons. The molecule has 1 unspecified atom stereocenters. The minimum Gasteiger partial charge on any atom is -0.394 e. The Morgan fingerprint density at radius 3 is 2.34 bits per heavy atom. The number of anilines is 1. The maximum Gasteiger partial charge on any atom is 0.251 e. The van der Waals surface area contributed by atoms with E-state index in [0.717, 1.165) is 40.8 Å². The molecule has 0 amide bonds. The molecule has 41 heavy (non-hydrogen) atoms. The first-order chi connectivity index (χ1) is 19.5. The van der Waals surface area contributed by atoms with Crippen LogP contribution in [0.15, 0.2) is 53.4 Å². The van der Waals surface area contributed by atoms with E-state index in [1.807, 2.05) is 18.2 Å². The third kappa shape index (κ3) is 5.89. The zero-order valence-electron chi connectivity index (χ0n) is 23.4. The zero-order chi connectivity index (χ0) is 30.1. The fourth-order valence-electron chi connectivity index (χ4n) is 5.28. The van der Waals surface area contributed by atoms with Crippen LogP contribution >= 0.6 is 0 Å². The maximum absolute atomic E-state index is 13.2. The molecule has 1 fully saturated rings. The van der Waals surface area contributed by atoms with Gasteiger partial charge in [-0.25, -0.2) is 8.42 Å². The second-order valence-electron chi connectivity index (χ2n) is 10.0. The Hall–Kier alpha value is -3.28. The van der Waals surface area contributed by atoms with Gasteiger partial charge in [-0.3, -0.25) is 0 Å². The van der Waals surface area contributed by atoms with E-state index >= 15 is 0 Å². The summed E-state index contributed by atoms with van der Waals surface area (Å²) in [5.41, 5.74) is 3.49. The first kappa shape index (κ1) is 30.7. The molecule has 1 aliphatic rings. The molecule has 1 aromatic heterocycles. The molecule has 2 heterocycles. The summed E-state index contributed by atoms with van der Waals surface area (Å²) in [6.45, 7) is 6.87. The molecule has 12 heteroatoms. The highest BCUT2D eigenvalue weighted by molar-refractivity contribution is 7.93. The molecular weight excluding hydrogens is 548 g/mol. The SMILES string of the molecule is CCN(CC)c1ccc2cc(-c3ccc(/C(C)=C(\C#N)S(=O)(=O)N[C@H]4C(O)O[C@H](CO)[C@@H](O)[C@@H]4O)n3C)ccc2c1. The molecule has 5 atom stereocenters. The number of nitrogens with one attached hydrogen (secondary N) is 1. The van der Waals surface area contributed by atoms with Crippen LogP contribution < -0.4 is 9.62 Å². The molecule has 0 radical (unpaired) electrons. The van der Waals surface area contributed by atoms with Crippen molar-refractivity contribution in [3.63, 3.8) is 0 Å². The van der Waals surface area contributed by atoms with Gasteiger partial charge in [0.1, 0.15) is 30.4 Å². The van der Waals surface area contributed by atoms with E-state index in [4.69, 9.17) is 4.74 Å². The van der Waals surface area contributed by atoms with Crippen molar-refractivity contribution in [2.45, 2.75) is 51.4 Å². The van der Waals surface area contributed by atoms with Gasteiger partial charge in [0.2, 0.25) is 0 Å². The molecule has 0 saturated carbocycles. The minimum atomic E-state index is -4.57. The lowest BCUT2D eigenvalue weighted by Crippen LogP contribution is -2.64. The highest BCUT2D eigenvalue weighted by atomic mass is 32.2. The highest BCUT2D eigenvalue weighted by Gasteiger charge is 2.45. The molecule has 1 saturated heterocycles. The Kier molecular flexibility index (Phi) is 9.20. The molecule has 5 N–H and O–H groups in total. The number of nitrogens with zero attached hydrogens (tertiary/aromatic N) is 3. The summed E-state index contributed by atoms with van der Waals surface area (Å²) in [6, 6.07) is 16.0. The zero-order valence-corrected chi connectivity index (χ0v) is 24.2. The van der Waals surface area contributed by atoms with Crippen LogP contribution in [0.4, 0.5) is 5.69 Å². The third-order valence-corrected chi connectivity index (χ3v) is 9.17. The lowest BCUT2D eigenvalue weighted by molar-refractivity contribution is -0.251. The number of sulfonamides is 1. The quantitative estimate of drug-likeness (QED) is 0.235. The highest BCUT2D eigenvalue weighted by Crippen LogP contribution is 2.32. The van der Waals surface area contributed by atoms with E-state index in [1.54, 1.807) is 23.8 Å². The van der Waals surface area contributed by atoms with Crippen LogP contribution in [-0.4, -0.2) is 83.8 Å². The van der Waals surface area contributed by atoms with Crippen molar-refractivity contribution in [3.05, 3.63) is 59.1 Å². The number of ether oxygens (including phenoxy) is 1. The number of hydrogen-bond donors (Lipinski definition) is 5. The Morgan fingerprint density at radius 1 is 1.05 bits per heavy atom. The van der Waals surface area contributed by atoms with Crippen molar-refractivity contribution in [2.75, 3.05) is 24.6 Å². The van der Waals surface area contributed by atoms with Crippen molar-refractivity contribution in [2.24, 2.45) is 7.05 Å². The Bertz CT molecular complexity index is 1590. The van der Waals surface area contributed by atoms with Gasteiger partial charge < -0.3 is 34.6 Å². The van der Waals surface area contributed by atoms with Gasteiger partial charge in [-0.2, -0.15) is 9.98 Å². The average Bonchev–Trinajstić information content (AvgIpc) is 3.34. The number of nitriles is 1. The standard InChI is InChI=1S/C29H36N4O7S/c1-5-33(6-2)21-10-9-18-13-20(8-7-19(18)14-21)23-12-11-22(32(23)4)17(3)25(15-30)41(38,39)31-26-28(36)27(35)24(16-34)40-29(26)37/h7-14,24,26-29,31,34-37H,5-6,16H2,1-4H3/b25-17+/t24-,26-,27-,28-,29?/m1/s1. The average molecular weight is 585 g/mol. The Morgan fingerprint density at radius 2 is 1.71 bits per heavy atom. The number of hydrogen-bond acceptors (Lipinski definition) is 9.